The van der Waals surface area contributed by atoms with E-state index in [1.807, 2.05) is 12.1 Å². The zero-order valence-electron chi connectivity index (χ0n) is 17.3. The number of benzene rings is 1. The molecule has 2 aliphatic carbocycles. The van der Waals surface area contributed by atoms with Crippen LogP contribution in [0.15, 0.2) is 36.4 Å². The largest absolute Gasteiger partial charge is 0.497 e. The van der Waals surface area contributed by atoms with Crippen LogP contribution < -0.4 is 10.1 Å². The molecule has 5 atom stereocenters. The van der Waals surface area contributed by atoms with Gasteiger partial charge in [-0.15, -0.1) is 0 Å². The third kappa shape index (κ3) is 3.71. The molecule has 1 aromatic carbocycles. The molecule has 1 aromatic rings. The Morgan fingerprint density at radius 2 is 2.11 bits per heavy atom. The van der Waals surface area contributed by atoms with Gasteiger partial charge < -0.3 is 14.8 Å². The molecule has 3 aliphatic rings. The van der Waals surface area contributed by atoms with Gasteiger partial charge in [0.05, 0.1) is 20.2 Å². The van der Waals surface area contributed by atoms with E-state index in [9.17, 15) is 4.79 Å². The second-order valence-corrected chi connectivity index (χ2v) is 9.32. The predicted molar refractivity (Wildman–Crippen MR) is 109 cm³/mol. The van der Waals surface area contributed by atoms with Gasteiger partial charge in [0.25, 0.3) is 0 Å². The van der Waals surface area contributed by atoms with Gasteiger partial charge in [-0.25, -0.2) is 0 Å². The Labute approximate surface area is 168 Å². The molecule has 28 heavy (non-hydrogen) atoms. The molecule has 0 amide bonds. The zero-order valence-corrected chi connectivity index (χ0v) is 17.3. The smallest absolute Gasteiger partial charge is 0.315 e. The summed E-state index contributed by atoms with van der Waals surface area (Å²) in [6.07, 6.45) is 6.87. The molecule has 4 heteroatoms. The Morgan fingerprint density at radius 1 is 1.32 bits per heavy atom. The first-order valence-corrected chi connectivity index (χ1v) is 10.8. The molecule has 0 bridgehead atoms. The van der Waals surface area contributed by atoms with Crippen LogP contribution in [0.4, 0.5) is 0 Å². The summed E-state index contributed by atoms with van der Waals surface area (Å²) < 4.78 is 11.1. The molecule has 0 unspecified atom stereocenters. The van der Waals surface area contributed by atoms with E-state index < -0.39 is 0 Å². The van der Waals surface area contributed by atoms with Crippen LogP contribution in [0.5, 0.6) is 5.75 Å². The van der Waals surface area contributed by atoms with Gasteiger partial charge in [-0.05, 0) is 61.1 Å². The van der Waals surface area contributed by atoms with Crippen LogP contribution in [0.1, 0.15) is 44.6 Å². The molecular weight excluding hydrogens is 350 g/mol. The number of nitrogens with two attached hydrogens (primary N) is 1. The maximum Gasteiger partial charge on any atom is 0.315 e. The molecule has 1 saturated heterocycles. The van der Waals surface area contributed by atoms with Crippen LogP contribution in [0, 0.1) is 23.2 Å². The number of esters is 1. The quantitative estimate of drug-likeness (QED) is 0.466. The van der Waals surface area contributed by atoms with Gasteiger partial charge in [-0.3, -0.25) is 4.79 Å². The number of fused-ring (bicyclic) bond motifs is 2. The Hall–Kier alpha value is -1.81. The summed E-state index contributed by atoms with van der Waals surface area (Å²) >= 11 is 0. The zero-order chi connectivity index (χ0) is 19.7. The van der Waals surface area contributed by atoms with Gasteiger partial charge >= 0.3 is 5.97 Å². The number of hydrogen-bond donors (Lipinski definition) is 1. The van der Waals surface area contributed by atoms with Crippen LogP contribution in [-0.4, -0.2) is 32.3 Å². The first kappa shape index (κ1) is 19.5. The summed E-state index contributed by atoms with van der Waals surface area (Å²) in [6, 6.07) is 8.24. The van der Waals surface area contributed by atoms with Crippen molar-refractivity contribution in [3.63, 3.8) is 0 Å². The van der Waals surface area contributed by atoms with Crippen molar-refractivity contribution >= 4 is 5.97 Å². The maximum absolute atomic E-state index is 12.6. The maximum atomic E-state index is 12.6. The van der Waals surface area contributed by atoms with E-state index in [0.29, 0.717) is 11.8 Å². The molecule has 3 fully saturated rings. The Balaban J connectivity index is 1.32. The van der Waals surface area contributed by atoms with Crippen LogP contribution in [0.2, 0.25) is 0 Å². The van der Waals surface area contributed by atoms with E-state index in [1.165, 1.54) is 24.0 Å². The molecule has 1 aliphatic heterocycles. The molecule has 0 radical (unpaired) electrons. The molecule has 2 N–H and O–H groups in total. The highest BCUT2D eigenvalue weighted by Gasteiger charge is 2.55. The highest BCUT2D eigenvalue weighted by molar-refractivity contribution is 5.75. The van der Waals surface area contributed by atoms with Crippen molar-refractivity contribution in [2.45, 2.75) is 51.6 Å². The van der Waals surface area contributed by atoms with Crippen LogP contribution >= 0.6 is 0 Å². The molecule has 0 aromatic heterocycles. The van der Waals surface area contributed by atoms with E-state index in [-0.39, 0.29) is 23.4 Å². The average Bonchev–Trinajstić information content (AvgIpc) is 2.98. The van der Waals surface area contributed by atoms with Crippen LogP contribution in [0.25, 0.3) is 0 Å². The summed E-state index contributed by atoms with van der Waals surface area (Å²) in [5.74, 6) is 1.90. The minimum absolute atomic E-state index is 0.0311. The summed E-state index contributed by atoms with van der Waals surface area (Å²) in [4.78, 5) is 12.6. The summed E-state index contributed by atoms with van der Waals surface area (Å²) in [6.45, 7) is 8.60. The van der Waals surface area contributed by atoms with Crippen LogP contribution in [-0.2, 0) is 16.0 Å². The summed E-state index contributed by atoms with van der Waals surface area (Å²) in [5.41, 5.74) is 2.99. The van der Waals surface area contributed by atoms with Gasteiger partial charge in [-0.2, -0.15) is 0 Å². The monoisotopic (exact) mass is 384 g/mol. The van der Waals surface area contributed by atoms with Crippen molar-refractivity contribution in [3.05, 3.63) is 42.0 Å². The number of hydrogen-bond acceptors (Lipinski definition) is 3. The first-order chi connectivity index (χ1) is 13.5. The molecule has 0 spiro atoms. The van der Waals surface area contributed by atoms with E-state index >= 15 is 0 Å². The van der Waals surface area contributed by atoms with E-state index in [2.05, 4.69) is 31.0 Å². The summed E-state index contributed by atoms with van der Waals surface area (Å²) in [7, 11) is 1.69. The molecule has 152 valence electrons. The highest BCUT2D eigenvalue weighted by Crippen LogP contribution is 2.56. The normalized spacial score (nSPS) is 34.5. The molecule has 4 nitrogen and oxygen atoms in total. The third-order valence-electron chi connectivity index (χ3n) is 7.54. The van der Waals surface area contributed by atoms with Crippen molar-refractivity contribution in [1.29, 1.82) is 0 Å². The molecule has 1 heterocycles. The number of ether oxygens (including phenoxy) is 2. The predicted octanol–water partition coefficient (Wildman–Crippen LogP) is 3.12. The number of carbonyl (C=O) groups is 1. The lowest BCUT2D eigenvalue weighted by atomic mass is 9.55. The number of rotatable bonds is 6. The molecule has 2 saturated carbocycles. The SMILES string of the molecule is C=C1CCC[C@@]2(C)C[C@H]3OC(=O)[C@@H](C[NH2+]CCc4ccc(OC)cc4)[C@@H]3C[C@H]12. The minimum Gasteiger partial charge on any atom is -0.497 e. The van der Waals surface area contributed by atoms with Gasteiger partial charge in [-0.1, -0.05) is 31.2 Å². The first-order valence-electron chi connectivity index (χ1n) is 10.8. The van der Waals surface area contributed by atoms with Gasteiger partial charge in [0, 0.05) is 12.3 Å². The lowest BCUT2D eigenvalue weighted by Crippen LogP contribution is -2.86. The van der Waals surface area contributed by atoms with Crippen molar-refractivity contribution in [1.82, 2.24) is 0 Å². The van der Waals surface area contributed by atoms with Gasteiger partial charge in [0.2, 0.25) is 0 Å². The Morgan fingerprint density at radius 3 is 2.86 bits per heavy atom. The van der Waals surface area contributed by atoms with Crippen molar-refractivity contribution in [3.8, 4) is 5.75 Å². The highest BCUT2D eigenvalue weighted by atomic mass is 16.6. The Bertz CT molecular complexity index is 728. The van der Waals surface area contributed by atoms with Crippen molar-refractivity contribution < 1.29 is 19.6 Å². The lowest BCUT2D eigenvalue weighted by Gasteiger charge is -2.49. The van der Waals surface area contributed by atoms with Gasteiger partial charge in [0.1, 0.15) is 17.8 Å². The molecular formula is C24H34NO3+. The Kier molecular flexibility index (Phi) is 5.50. The van der Waals surface area contributed by atoms with E-state index in [0.717, 1.165) is 44.5 Å². The minimum atomic E-state index is 0.0311. The fourth-order valence-electron chi connectivity index (χ4n) is 5.88. The standard InChI is InChI=1S/C24H33NO3/c1-16-5-4-11-24(2)14-22-19(13-21(16)24)20(23(26)28-22)15-25-12-10-17-6-8-18(27-3)9-7-17/h6-9,19-22,25H,1,4-5,10-15H2,2-3H3/p+1/t19-,20-,21+,22+,24-/m0/s1. The number of methoxy groups -OCH3 is 1. The van der Waals surface area contributed by atoms with Crippen LogP contribution in [0.3, 0.4) is 0 Å². The van der Waals surface area contributed by atoms with E-state index in [1.54, 1.807) is 7.11 Å². The third-order valence-corrected chi connectivity index (χ3v) is 7.54. The fourth-order valence-corrected chi connectivity index (χ4v) is 5.88. The topological polar surface area (TPSA) is 52.1 Å². The number of carbonyl (C=O) groups excluding carboxylic acids is 1. The van der Waals surface area contributed by atoms with Gasteiger partial charge in [0.15, 0.2) is 0 Å². The lowest BCUT2D eigenvalue weighted by molar-refractivity contribution is -0.658. The second kappa shape index (κ2) is 7.90. The number of quaternary nitrogens is 1. The van der Waals surface area contributed by atoms with Crippen molar-refractivity contribution in [2.24, 2.45) is 23.2 Å². The number of allylic oxidation sites excluding steroid dienone is 1. The summed E-state index contributed by atoms with van der Waals surface area (Å²) in [5, 5.41) is 2.29. The molecule has 4 rings (SSSR count). The average molecular weight is 385 g/mol. The second-order valence-electron chi connectivity index (χ2n) is 9.32. The van der Waals surface area contributed by atoms with Crippen molar-refractivity contribution in [2.75, 3.05) is 20.2 Å². The fraction of sp³-hybridized carbons (Fsp3) is 0.625. The van der Waals surface area contributed by atoms with E-state index in [4.69, 9.17) is 9.47 Å².